The van der Waals surface area contributed by atoms with Crippen LogP contribution < -0.4 is 10.6 Å². The van der Waals surface area contributed by atoms with Crippen LogP contribution in [0.5, 0.6) is 0 Å². The van der Waals surface area contributed by atoms with Crippen molar-refractivity contribution in [3.8, 4) is 5.69 Å². The molecule has 1 aliphatic rings. The summed E-state index contributed by atoms with van der Waals surface area (Å²) >= 11 is 7.80. The second-order valence-corrected chi connectivity index (χ2v) is 7.34. The van der Waals surface area contributed by atoms with Gasteiger partial charge < -0.3 is 15.4 Å². The van der Waals surface area contributed by atoms with Crippen molar-refractivity contribution in [3.63, 3.8) is 0 Å². The zero-order chi connectivity index (χ0) is 19.2. The lowest BCUT2D eigenvalue weighted by molar-refractivity contribution is -0.136. The molecular formula is C18H21ClN4O3S. The normalized spacial score (nSPS) is 12.7. The molecule has 2 N–H and O–H groups in total. The van der Waals surface area contributed by atoms with Gasteiger partial charge in [-0.3, -0.25) is 9.59 Å². The average molecular weight is 409 g/mol. The highest BCUT2D eigenvalue weighted by molar-refractivity contribution is 7.98. The maximum absolute atomic E-state index is 12.4. The molecule has 0 spiro atoms. The third-order valence-corrected chi connectivity index (χ3v) is 5.20. The van der Waals surface area contributed by atoms with Crippen LogP contribution in [0.15, 0.2) is 24.3 Å². The number of halogens is 1. The summed E-state index contributed by atoms with van der Waals surface area (Å²) in [5.41, 5.74) is 2.58. The number of benzene rings is 1. The number of aromatic nitrogens is 2. The number of anilines is 1. The molecule has 0 saturated heterocycles. The Bertz CT molecular complexity index is 840. The number of hydrogen-bond donors (Lipinski definition) is 2. The molecule has 27 heavy (non-hydrogen) atoms. The van der Waals surface area contributed by atoms with E-state index in [0.29, 0.717) is 37.0 Å². The molecule has 2 aromatic rings. The Morgan fingerprint density at radius 3 is 2.96 bits per heavy atom. The number of nitrogens with one attached hydrogen (secondary N) is 2. The summed E-state index contributed by atoms with van der Waals surface area (Å²) < 4.78 is 6.84. The van der Waals surface area contributed by atoms with Crippen LogP contribution in [0.3, 0.4) is 0 Å². The maximum atomic E-state index is 12.4. The molecule has 0 fully saturated rings. The lowest BCUT2D eigenvalue weighted by Gasteiger charge is -2.11. The summed E-state index contributed by atoms with van der Waals surface area (Å²) in [6.45, 7) is 3.47. The van der Waals surface area contributed by atoms with Gasteiger partial charge in [-0.25, -0.2) is 4.68 Å². The number of carbonyl (C=O) groups excluding carboxylic acids is 2. The van der Waals surface area contributed by atoms with Gasteiger partial charge in [-0.1, -0.05) is 17.7 Å². The van der Waals surface area contributed by atoms with E-state index in [1.807, 2.05) is 19.1 Å². The number of ether oxygens (including phenoxy) is 1. The van der Waals surface area contributed by atoms with Gasteiger partial charge in [0.15, 0.2) is 0 Å². The van der Waals surface area contributed by atoms with E-state index in [0.717, 1.165) is 28.5 Å². The van der Waals surface area contributed by atoms with Gasteiger partial charge in [0.25, 0.3) is 0 Å². The fourth-order valence-electron chi connectivity index (χ4n) is 2.70. The Balaban J connectivity index is 1.72. The number of hydrogen-bond acceptors (Lipinski definition) is 5. The summed E-state index contributed by atoms with van der Waals surface area (Å²) in [4.78, 5) is 24.4. The maximum Gasteiger partial charge on any atom is 0.314 e. The molecule has 2 amide bonds. The van der Waals surface area contributed by atoms with Crippen molar-refractivity contribution < 1.29 is 14.3 Å². The third kappa shape index (κ3) is 4.82. The minimum absolute atomic E-state index is 0.383. The Kier molecular flexibility index (Phi) is 6.76. The molecule has 1 aromatic carbocycles. The van der Waals surface area contributed by atoms with Gasteiger partial charge in [0.1, 0.15) is 5.82 Å². The predicted octanol–water partition coefficient (Wildman–Crippen LogP) is 2.75. The molecule has 144 valence electrons. The molecule has 3 rings (SSSR count). The van der Waals surface area contributed by atoms with E-state index in [2.05, 4.69) is 15.7 Å². The first-order valence-electron chi connectivity index (χ1n) is 8.71. The van der Waals surface area contributed by atoms with E-state index >= 15 is 0 Å². The summed E-state index contributed by atoms with van der Waals surface area (Å²) in [6.07, 6.45) is 0.652. The van der Waals surface area contributed by atoms with E-state index in [1.54, 1.807) is 28.6 Å². The lowest BCUT2D eigenvalue weighted by atomic mass is 10.2. The third-order valence-electron chi connectivity index (χ3n) is 4.00. The minimum Gasteiger partial charge on any atom is -0.382 e. The molecule has 0 atom stereocenters. The van der Waals surface area contributed by atoms with Crippen molar-refractivity contribution in [2.45, 2.75) is 24.9 Å². The molecule has 1 aliphatic heterocycles. The zero-order valence-corrected chi connectivity index (χ0v) is 16.5. The highest BCUT2D eigenvalue weighted by Crippen LogP contribution is 2.36. The Hall–Kier alpha value is -2.03. The van der Waals surface area contributed by atoms with Crippen molar-refractivity contribution in [2.24, 2.45) is 0 Å². The Morgan fingerprint density at radius 1 is 1.33 bits per heavy atom. The molecule has 0 aliphatic carbocycles. The SMILES string of the molecule is CCOCCCNC(=O)C(=O)Nc1c2c(nn1-c1cccc(Cl)c1)CSC2. The Morgan fingerprint density at radius 2 is 2.19 bits per heavy atom. The van der Waals surface area contributed by atoms with Crippen LogP contribution in [-0.4, -0.2) is 41.4 Å². The molecule has 0 bridgehead atoms. The largest absolute Gasteiger partial charge is 0.382 e. The smallest absolute Gasteiger partial charge is 0.314 e. The van der Waals surface area contributed by atoms with E-state index in [1.165, 1.54) is 0 Å². The molecule has 7 nitrogen and oxygen atoms in total. The van der Waals surface area contributed by atoms with Gasteiger partial charge in [-0.15, -0.1) is 0 Å². The monoisotopic (exact) mass is 408 g/mol. The lowest BCUT2D eigenvalue weighted by Crippen LogP contribution is -2.36. The number of thioether (sulfide) groups is 1. The van der Waals surface area contributed by atoms with Gasteiger partial charge in [0.05, 0.1) is 11.4 Å². The zero-order valence-electron chi connectivity index (χ0n) is 15.0. The molecular weight excluding hydrogens is 388 g/mol. The van der Waals surface area contributed by atoms with Gasteiger partial charge in [0.2, 0.25) is 0 Å². The van der Waals surface area contributed by atoms with Crippen molar-refractivity contribution in [1.29, 1.82) is 0 Å². The first kappa shape index (κ1) is 19.7. The fraction of sp³-hybridized carbons (Fsp3) is 0.389. The quantitative estimate of drug-likeness (QED) is 0.543. The van der Waals surface area contributed by atoms with Gasteiger partial charge in [-0.05, 0) is 31.5 Å². The minimum atomic E-state index is -0.714. The van der Waals surface area contributed by atoms with E-state index in [-0.39, 0.29) is 0 Å². The number of carbonyl (C=O) groups is 2. The summed E-state index contributed by atoms with van der Waals surface area (Å²) in [5, 5.41) is 10.5. The molecule has 2 heterocycles. The molecule has 1 aromatic heterocycles. The molecule has 0 saturated carbocycles. The Labute approximate surface area is 166 Å². The van der Waals surface area contributed by atoms with Gasteiger partial charge in [-0.2, -0.15) is 16.9 Å². The second kappa shape index (κ2) is 9.25. The molecule has 0 unspecified atom stereocenters. The average Bonchev–Trinajstić information content (AvgIpc) is 3.24. The number of amides is 2. The van der Waals surface area contributed by atoms with Crippen LogP contribution >= 0.6 is 23.4 Å². The van der Waals surface area contributed by atoms with E-state index in [9.17, 15) is 9.59 Å². The van der Waals surface area contributed by atoms with Gasteiger partial charge >= 0.3 is 11.8 Å². The van der Waals surface area contributed by atoms with Crippen molar-refractivity contribution in [3.05, 3.63) is 40.5 Å². The molecule has 0 radical (unpaired) electrons. The van der Waals surface area contributed by atoms with Crippen LogP contribution in [0.1, 0.15) is 24.6 Å². The van der Waals surface area contributed by atoms with Crippen LogP contribution in [0.2, 0.25) is 5.02 Å². The standard InChI is InChI=1S/C18H21ClN4O3S/c1-2-26-8-4-7-20-17(24)18(25)21-16-14-10-27-11-15(14)22-23(16)13-6-3-5-12(19)9-13/h3,5-6,9H,2,4,7-8,10-11H2,1H3,(H,20,24)(H,21,25). The highest BCUT2D eigenvalue weighted by atomic mass is 35.5. The second-order valence-electron chi connectivity index (χ2n) is 5.92. The molecule has 9 heteroatoms. The van der Waals surface area contributed by atoms with Crippen LogP contribution in [0.25, 0.3) is 5.69 Å². The number of rotatable bonds is 7. The first-order chi connectivity index (χ1) is 13.1. The summed E-state index contributed by atoms with van der Waals surface area (Å²) in [5.74, 6) is 0.641. The predicted molar refractivity (Wildman–Crippen MR) is 106 cm³/mol. The summed E-state index contributed by atoms with van der Waals surface area (Å²) in [6, 6.07) is 7.20. The van der Waals surface area contributed by atoms with Gasteiger partial charge in [0, 0.05) is 41.9 Å². The first-order valence-corrected chi connectivity index (χ1v) is 10.2. The highest BCUT2D eigenvalue weighted by Gasteiger charge is 2.26. The van der Waals surface area contributed by atoms with Crippen LogP contribution in [0.4, 0.5) is 5.82 Å². The summed E-state index contributed by atoms with van der Waals surface area (Å²) in [7, 11) is 0. The van der Waals surface area contributed by atoms with Crippen molar-refractivity contribution >= 4 is 41.0 Å². The van der Waals surface area contributed by atoms with Crippen LogP contribution in [0, 0.1) is 0 Å². The topological polar surface area (TPSA) is 85.2 Å². The number of fused-ring (bicyclic) bond motifs is 1. The fourth-order valence-corrected chi connectivity index (χ4v) is 3.92. The van der Waals surface area contributed by atoms with Crippen molar-refractivity contribution in [1.82, 2.24) is 15.1 Å². The van der Waals surface area contributed by atoms with Crippen LogP contribution in [-0.2, 0) is 25.8 Å². The van der Waals surface area contributed by atoms with E-state index in [4.69, 9.17) is 16.3 Å². The van der Waals surface area contributed by atoms with E-state index < -0.39 is 11.8 Å². The van der Waals surface area contributed by atoms with Crippen molar-refractivity contribution in [2.75, 3.05) is 25.1 Å². The number of nitrogens with zero attached hydrogens (tertiary/aromatic N) is 2.